The van der Waals surface area contributed by atoms with Crippen molar-refractivity contribution in [3.8, 4) is 0 Å². The largest absolute Gasteiger partial charge is 0.300 e. The van der Waals surface area contributed by atoms with Gasteiger partial charge in [-0.25, -0.2) is 0 Å². The molecule has 0 atom stereocenters. The van der Waals surface area contributed by atoms with Crippen molar-refractivity contribution in [2.24, 2.45) is 0 Å². The van der Waals surface area contributed by atoms with E-state index < -0.39 is 0 Å². The van der Waals surface area contributed by atoms with Gasteiger partial charge >= 0.3 is 0 Å². The molecule has 0 aliphatic rings. The quantitative estimate of drug-likeness (QED) is 0.712. The Kier molecular flexibility index (Phi) is 3.87. The van der Waals surface area contributed by atoms with Crippen LogP contribution >= 0.6 is 0 Å². The Morgan fingerprint density at radius 3 is 2.29 bits per heavy atom. The van der Waals surface area contributed by atoms with E-state index in [2.05, 4.69) is 32.0 Å². The molecule has 0 heterocycles. The third kappa shape index (κ3) is 2.69. The van der Waals surface area contributed by atoms with Gasteiger partial charge in [-0.2, -0.15) is 0 Å². The summed E-state index contributed by atoms with van der Waals surface area (Å²) in [7, 11) is 0. The molecule has 0 aliphatic heterocycles. The van der Waals surface area contributed by atoms with Crippen LogP contribution in [0.25, 0.3) is 0 Å². The molecule has 1 aromatic carbocycles. The van der Waals surface area contributed by atoms with Crippen molar-refractivity contribution in [3.05, 3.63) is 34.9 Å². The van der Waals surface area contributed by atoms with Crippen LogP contribution in [0.15, 0.2) is 18.2 Å². The van der Waals surface area contributed by atoms with Gasteiger partial charge in [0.1, 0.15) is 5.78 Å². The van der Waals surface area contributed by atoms with Gasteiger partial charge in [0.05, 0.1) is 0 Å². The zero-order valence-corrected chi connectivity index (χ0v) is 9.26. The highest BCUT2D eigenvalue weighted by Crippen LogP contribution is 2.15. The van der Waals surface area contributed by atoms with E-state index in [1.165, 1.54) is 16.7 Å². The van der Waals surface area contributed by atoms with Crippen molar-refractivity contribution in [3.63, 3.8) is 0 Å². The van der Waals surface area contributed by atoms with E-state index in [9.17, 15) is 4.79 Å². The zero-order chi connectivity index (χ0) is 10.6. The predicted octanol–water partition coefficient (Wildman–Crippen LogP) is 3.22. The SMILES string of the molecule is CCC(=O)CCc1c(C)cccc1C. The average molecular weight is 190 g/mol. The topological polar surface area (TPSA) is 17.1 Å². The smallest absolute Gasteiger partial charge is 0.132 e. The maximum atomic E-state index is 11.2. The molecule has 1 aromatic rings. The molecule has 1 heteroatoms. The molecule has 0 saturated carbocycles. The molecule has 14 heavy (non-hydrogen) atoms. The summed E-state index contributed by atoms with van der Waals surface area (Å²) < 4.78 is 0. The first kappa shape index (κ1) is 11.0. The third-order valence-electron chi connectivity index (χ3n) is 2.69. The number of benzene rings is 1. The summed E-state index contributed by atoms with van der Waals surface area (Å²) in [6.45, 7) is 6.14. The lowest BCUT2D eigenvalue weighted by molar-refractivity contribution is -0.118. The summed E-state index contributed by atoms with van der Waals surface area (Å²) in [5, 5.41) is 0. The van der Waals surface area contributed by atoms with E-state index >= 15 is 0 Å². The van der Waals surface area contributed by atoms with Gasteiger partial charge < -0.3 is 0 Å². The van der Waals surface area contributed by atoms with Gasteiger partial charge in [-0.05, 0) is 37.0 Å². The molecule has 1 rings (SSSR count). The molecule has 0 amide bonds. The maximum Gasteiger partial charge on any atom is 0.132 e. The van der Waals surface area contributed by atoms with Crippen LogP contribution in [0.2, 0.25) is 0 Å². The Morgan fingerprint density at radius 2 is 1.79 bits per heavy atom. The minimum atomic E-state index is 0.354. The van der Waals surface area contributed by atoms with Gasteiger partial charge in [0.15, 0.2) is 0 Å². The highest BCUT2D eigenvalue weighted by atomic mass is 16.1. The van der Waals surface area contributed by atoms with Gasteiger partial charge in [0.25, 0.3) is 0 Å². The van der Waals surface area contributed by atoms with Crippen molar-refractivity contribution in [1.82, 2.24) is 0 Å². The Bertz CT molecular complexity index is 306. The molecule has 0 bridgehead atoms. The van der Waals surface area contributed by atoms with E-state index in [1.54, 1.807) is 0 Å². The summed E-state index contributed by atoms with van der Waals surface area (Å²) in [6, 6.07) is 6.29. The number of aryl methyl sites for hydroxylation is 2. The standard InChI is InChI=1S/C13H18O/c1-4-12(14)8-9-13-10(2)6-5-7-11(13)3/h5-7H,4,8-9H2,1-3H3. The summed E-state index contributed by atoms with van der Waals surface area (Å²) in [5.41, 5.74) is 3.94. The molecule has 76 valence electrons. The van der Waals surface area contributed by atoms with E-state index in [0.717, 1.165) is 6.42 Å². The van der Waals surface area contributed by atoms with Crippen LogP contribution < -0.4 is 0 Å². The number of rotatable bonds is 4. The second kappa shape index (κ2) is 4.94. The van der Waals surface area contributed by atoms with E-state index in [-0.39, 0.29) is 0 Å². The zero-order valence-electron chi connectivity index (χ0n) is 9.26. The lowest BCUT2D eigenvalue weighted by Gasteiger charge is -2.08. The first-order valence-corrected chi connectivity index (χ1v) is 5.22. The summed E-state index contributed by atoms with van der Waals surface area (Å²) in [5.74, 6) is 0.354. The summed E-state index contributed by atoms with van der Waals surface area (Å²) in [4.78, 5) is 11.2. The van der Waals surface area contributed by atoms with E-state index in [1.807, 2.05) is 6.92 Å². The third-order valence-corrected chi connectivity index (χ3v) is 2.69. The predicted molar refractivity (Wildman–Crippen MR) is 59.5 cm³/mol. The number of hydrogen-bond acceptors (Lipinski definition) is 1. The summed E-state index contributed by atoms with van der Waals surface area (Å²) in [6.07, 6.45) is 2.23. The normalized spacial score (nSPS) is 10.2. The Balaban J connectivity index is 2.71. The van der Waals surface area contributed by atoms with E-state index in [0.29, 0.717) is 18.6 Å². The monoisotopic (exact) mass is 190 g/mol. The van der Waals surface area contributed by atoms with Crippen LogP contribution in [-0.2, 0) is 11.2 Å². The molecule has 0 fully saturated rings. The van der Waals surface area contributed by atoms with Crippen molar-refractivity contribution in [1.29, 1.82) is 0 Å². The number of Topliss-reactive ketones (excluding diaryl/α,β-unsaturated/α-hetero) is 1. The molecule has 1 nitrogen and oxygen atoms in total. The second-order valence-electron chi connectivity index (χ2n) is 3.76. The fourth-order valence-electron chi connectivity index (χ4n) is 1.68. The minimum Gasteiger partial charge on any atom is -0.300 e. The van der Waals surface area contributed by atoms with Gasteiger partial charge in [0.2, 0.25) is 0 Å². The Labute approximate surface area is 86.1 Å². The Hall–Kier alpha value is -1.11. The van der Waals surface area contributed by atoms with Gasteiger partial charge in [-0.1, -0.05) is 25.1 Å². The van der Waals surface area contributed by atoms with Crippen LogP contribution in [-0.4, -0.2) is 5.78 Å². The number of carbonyl (C=O) groups excluding carboxylic acids is 1. The van der Waals surface area contributed by atoms with Crippen LogP contribution in [0.5, 0.6) is 0 Å². The molecule has 0 N–H and O–H groups in total. The molecule has 0 radical (unpaired) electrons. The molecule has 0 saturated heterocycles. The van der Waals surface area contributed by atoms with Gasteiger partial charge in [0, 0.05) is 12.8 Å². The van der Waals surface area contributed by atoms with Crippen molar-refractivity contribution < 1.29 is 4.79 Å². The average Bonchev–Trinajstić information content (AvgIpc) is 2.16. The fourth-order valence-corrected chi connectivity index (χ4v) is 1.68. The van der Waals surface area contributed by atoms with Crippen LogP contribution in [0.4, 0.5) is 0 Å². The second-order valence-corrected chi connectivity index (χ2v) is 3.76. The fraction of sp³-hybridized carbons (Fsp3) is 0.462. The molecule has 0 unspecified atom stereocenters. The molecule has 0 aliphatic carbocycles. The van der Waals surface area contributed by atoms with Crippen LogP contribution in [0.3, 0.4) is 0 Å². The van der Waals surface area contributed by atoms with Crippen molar-refractivity contribution in [2.45, 2.75) is 40.0 Å². The van der Waals surface area contributed by atoms with Gasteiger partial charge in [-0.3, -0.25) is 4.79 Å². The van der Waals surface area contributed by atoms with E-state index in [4.69, 9.17) is 0 Å². The van der Waals surface area contributed by atoms with Crippen molar-refractivity contribution >= 4 is 5.78 Å². The minimum absolute atomic E-state index is 0.354. The first-order chi connectivity index (χ1) is 6.65. The lowest BCUT2D eigenvalue weighted by atomic mass is 9.97. The van der Waals surface area contributed by atoms with Crippen LogP contribution in [0, 0.1) is 13.8 Å². The lowest BCUT2D eigenvalue weighted by Crippen LogP contribution is -2.00. The molecule has 0 aromatic heterocycles. The molecule has 0 spiro atoms. The highest BCUT2D eigenvalue weighted by molar-refractivity contribution is 5.78. The first-order valence-electron chi connectivity index (χ1n) is 5.22. The Morgan fingerprint density at radius 1 is 1.21 bits per heavy atom. The molecular formula is C13H18O. The highest BCUT2D eigenvalue weighted by Gasteiger charge is 2.04. The van der Waals surface area contributed by atoms with Gasteiger partial charge in [-0.15, -0.1) is 0 Å². The van der Waals surface area contributed by atoms with Crippen LogP contribution in [0.1, 0.15) is 36.5 Å². The van der Waals surface area contributed by atoms with Crippen molar-refractivity contribution in [2.75, 3.05) is 0 Å². The number of hydrogen-bond donors (Lipinski definition) is 0. The summed E-state index contributed by atoms with van der Waals surface area (Å²) >= 11 is 0. The number of carbonyl (C=O) groups is 1. The maximum absolute atomic E-state index is 11.2. The number of ketones is 1. The molecular weight excluding hydrogens is 172 g/mol.